The third kappa shape index (κ3) is 28.4. The van der Waals surface area contributed by atoms with Crippen LogP contribution in [0.25, 0.3) is 0 Å². The van der Waals surface area contributed by atoms with Gasteiger partial charge in [0.1, 0.15) is 6.11 Å². The smallest absolute Gasteiger partial charge is 0.173 e. The van der Waals surface area contributed by atoms with Crippen LogP contribution in [0.2, 0.25) is 64.5 Å². The van der Waals surface area contributed by atoms with Crippen molar-refractivity contribution in [3.05, 3.63) is 0 Å². The Labute approximate surface area is 178 Å². The molecule has 0 atom stereocenters. The molecule has 0 spiro atoms. The summed E-state index contributed by atoms with van der Waals surface area (Å²) in [6.45, 7) is 20.7. The number of rotatable bonds is 11. The second-order valence-corrected chi connectivity index (χ2v) is 22.1. The van der Waals surface area contributed by atoms with Gasteiger partial charge in [0, 0.05) is 15.0 Å². The second-order valence-electron chi connectivity index (χ2n) is 7.98. The third-order valence-electron chi connectivity index (χ3n) is 3.25. The fourth-order valence-corrected chi connectivity index (χ4v) is 15.7. The molecule has 0 heterocycles. The van der Waals surface area contributed by atoms with Crippen molar-refractivity contribution in [2.24, 2.45) is 0 Å². The molecular formula is C19H52O4Si4. The maximum absolute atomic E-state index is 8.64. The van der Waals surface area contributed by atoms with E-state index in [0.717, 1.165) is 25.5 Å². The van der Waals surface area contributed by atoms with Crippen LogP contribution in [0.15, 0.2) is 0 Å². The molecule has 0 unspecified atom stereocenters. The Kier molecular flexibility index (Phi) is 24.9. The molecule has 0 aromatic rings. The van der Waals surface area contributed by atoms with Crippen LogP contribution >= 0.6 is 0 Å². The van der Waals surface area contributed by atoms with Gasteiger partial charge in [0.15, 0.2) is 34.7 Å². The van der Waals surface area contributed by atoms with E-state index in [1.54, 1.807) is 6.92 Å². The van der Waals surface area contributed by atoms with Gasteiger partial charge in [0.2, 0.25) is 0 Å². The highest BCUT2D eigenvalue weighted by Crippen LogP contribution is 2.15. The van der Waals surface area contributed by atoms with Crippen LogP contribution in [-0.4, -0.2) is 53.0 Å². The van der Waals surface area contributed by atoms with Crippen molar-refractivity contribution >= 4 is 34.7 Å². The molecular weight excluding hydrogens is 405 g/mol. The Bertz CT molecular complexity index is 384. The summed E-state index contributed by atoms with van der Waals surface area (Å²) in [4.78, 5) is 0. The summed E-state index contributed by atoms with van der Waals surface area (Å²) in [5.41, 5.74) is 0. The molecule has 1 N–H and O–H groups in total. The van der Waals surface area contributed by atoms with Crippen molar-refractivity contribution in [3.8, 4) is 12.0 Å². The predicted molar refractivity (Wildman–Crippen MR) is 136 cm³/mol. The maximum atomic E-state index is 8.64. The zero-order valence-corrected chi connectivity index (χ0v) is 22.4. The molecule has 0 aromatic heterocycles. The molecule has 0 aliphatic heterocycles. The lowest BCUT2D eigenvalue weighted by Gasteiger charge is -2.25. The van der Waals surface area contributed by atoms with E-state index in [-0.39, 0.29) is 16.3 Å². The Morgan fingerprint density at radius 1 is 0.852 bits per heavy atom. The molecule has 8 heteroatoms. The molecule has 0 aromatic carbocycles. The molecule has 0 rings (SSSR count). The van der Waals surface area contributed by atoms with Crippen molar-refractivity contribution < 1.29 is 19.5 Å². The first-order chi connectivity index (χ1) is 11.5. The third-order valence-corrected chi connectivity index (χ3v) is 15.2. The minimum atomic E-state index is -1.39. The Balaban J connectivity index is -0.000000116. The monoisotopic (exact) mass is 456 g/mol. The minimum absolute atomic E-state index is 0. The van der Waals surface area contributed by atoms with Gasteiger partial charge in [0.05, 0.1) is 6.61 Å². The normalized spacial score (nSPS) is 10.8. The van der Waals surface area contributed by atoms with Crippen LogP contribution in [0, 0.1) is 12.0 Å². The second kappa shape index (κ2) is 19.4. The highest BCUT2D eigenvalue weighted by molar-refractivity contribution is 6.78. The molecule has 27 heavy (non-hydrogen) atoms. The average Bonchev–Trinajstić information content (AvgIpc) is 2.43. The van der Waals surface area contributed by atoms with Crippen molar-refractivity contribution in [2.75, 3.05) is 13.2 Å². The number of ether oxygens (including phenoxy) is 1. The first kappa shape index (κ1) is 34.6. The van der Waals surface area contributed by atoms with E-state index in [1.165, 1.54) is 6.04 Å². The quantitative estimate of drug-likeness (QED) is 0.247. The van der Waals surface area contributed by atoms with Gasteiger partial charge < -0.3 is 18.1 Å². The Morgan fingerprint density at radius 3 is 1.59 bits per heavy atom. The van der Waals surface area contributed by atoms with E-state index in [9.17, 15) is 0 Å². The van der Waals surface area contributed by atoms with Crippen molar-refractivity contribution in [1.82, 2.24) is 0 Å². The fraction of sp³-hybridized carbons (Fsp3) is 0.895. The standard InChI is InChI=1S/C10H22O2Si2.C7H20O2Si2.2CH4.H2/c1-6-8-11-9-7-10-14(4,5)12-13(2)3;1-10(2)9-11(3,4)7-5-6-8;;;/h13H,7,9-10H2,1-5H3;8,10H,5-7H2,1-4H3;2*1H4;1H. The van der Waals surface area contributed by atoms with E-state index < -0.39 is 34.7 Å². The lowest BCUT2D eigenvalue weighted by molar-refractivity contribution is 0.276. The zero-order chi connectivity index (χ0) is 19.9. The van der Waals surface area contributed by atoms with Gasteiger partial charge >= 0.3 is 0 Å². The van der Waals surface area contributed by atoms with Gasteiger partial charge in [-0.2, -0.15) is 0 Å². The van der Waals surface area contributed by atoms with Gasteiger partial charge in [0.25, 0.3) is 0 Å². The van der Waals surface area contributed by atoms with Crippen LogP contribution < -0.4 is 0 Å². The fourth-order valence-electron chi connectivity index (χ4n) is 2.59. The van der Waals surface area contributed by atoms with Gasteiger partial charge in [-0.1, -0.05) is 20.8 Å². The minimum Gasteiger partial charge on any atom is -0.458 e. The largest absolute Gasteiger partial charge is 0.458 e. The number of aliphatic hydroxyl groups excluding tert-OH is 1. The highest BCUT2D eigenvalue weighted by atomic mass is 28.4. The van der Waals surface area contributed by atoms with E-state index in [0.29, 0.717) is 6.61 Å². The zero-order valence-electron chi connectivity index (χ0n) is 18.1. The first-order valence-corrected chi connectivity index (χ1v) is 21.2. The van der Waals surface area contributed by atoms with Crippen LogP contribution in [0.3, 0.4) is 0 Å². The maximum Gasteiger partial charge on any atom is 0.173 e. The van der Waals surface area contributed by atoms with Crippen LogP contribution in [0.5, 0.6) is 0 Å². The van der Waals surface area contributed by atoms with Gasteiger partial charge in [-0.15, -0.1) is 0 Å². The number of hydrogen-bond donors (Lipinski definition) is 1. The predicted octanol–water partition coefficient (Wildman–Crippen LogP) is 5.67. The van der Waals surface area contributed by atoms with Crippen LogP contribution in [0.1, 0.15) is 36.0 Å². The lowest BCUT2D eigenvalue weighted by atomic mass is 10.5. The molecule has 0 fully saturated rings. The van der Waals surface area contributed by atoms with E-state index in [2.05, 4.69) is 64.4 Å². The SMILES string of the molecule is C.C.CC#COCCC[Si](C)(C)O[SiH](C)C.C[SiH](C)O[Si](C)(C)CCCO.[HH]. The molecule has 0 bridgehead atoms. The molecule has 168 valence electrons. The lowest BCUT2D eigenvalue weighted by Crippen LogP contribution is -2.35. The first-order valence-electron chi connectivity index (χ1n) is 9.46. The van der Waals surface area contributed by atoms with Gasteiger partial charge in [-0.25, -0.2) is 0 Å². The van der Waals surface area contributed by atoms with Crippen molar-refractivity contribution in [3.63, 3.8) is 0 Å². The summed E-state index contributed by atoms with van der Waals surface area (Å²) >= 11 is 0. The molecule has 0 amide bonds. The summed E-state index contributed by atoms with van der Waals surface area (Å²) in [5.74, 6) is 2.71. The highest BCUT2D eigenvalue weighted by Gasteiger charge is 2.23. The van der Waals surface area contributed by atoms with Gasteiger partial charge in [-0.3, -0.25) is 0 Å². The van der Waals surface area contributed by atoms with Crippen molar-refractivity contribution in [2.45, 2.75) is 99.1 Å². The topological polar surface area (TPSA) is 47.9 Å². The summed E-state index contributed by atoms with van der Waals surface area (Å²) in [5, 5.41) is 8.64. The van der Waals surface area contributed by atoms with Gasteiger partial charge in [-0.05, 0) is 77.3 Å². The van der Waals surface area contributed by atoms with E-state index >= 15 is 0 Å². The van der Waals surface area contributed by atoms with Crippen molar-refractivity contribution in [1.29, 1.82) is 0 Å². The van der Waals surface area contributed by atoms with E-state index in [4.69, 9.17) is 18.1 Å². The van der Waals surface area contributed by atoms with Crippen LogP contribution in [0.4, 0.5) is 0 Å². The Morgan fingerprint density at radius 2 is 1.26 bits per heavy atom. The number of hydrogen-bond acceptors (Lipinski definition) is 4. The molecule has 0 radical (unpaired) electrons. The molecule has 0 saturated heterocycles. The van der Waals surface area contributed by atoms with Crippen LogP contribution in [-0.2, 0) is 13.0 Å². The summed E-state index contributed by atoms with van der Waals surface area (Å²) in [7, 11) is -4.50. The molecule has 0 aliphatic carbocycles. The van der Waals surface area contributed by atoms with E-state index in [1.807, 2.05) is 0 Å². The Hall–Kier alpha value is 0.108. The molecule has 4 nitrogen and oxygen atoms in total. The summed E-state index contributed by atoms with van der Waals surface area (Å²) in [6.07, 6.45) is 4.58. The number of aliphatic hydroxyl groups is 1. The molecule has 0 saturated carbocycles. The summed E-state index contributed by atoms with van der Waals surface area (Å²) in [6, 6.07) is 2.26. The summed E-state index contributed by atoms with van der Waals surface area (Å²) < 4.78 is 17.0. The average molecular weight is 457 g/mol. The molecule has 0 aliphatic rings.